The van der Waals surface area contributed by atoms with Gasteiger partial charge in [-0.25, -0.2) is 4.39 Å². The van der Waals surface area contributed by atoms with E-state index in [2.05, 4.69) is 10.4 Å². The quantitative estimate of drug-likeness (QED) is 0.653. The number of pyridine rings is 1. The Bertz CT molecular complexity index is 562. The second-order valence-electron chi connectivity index (χ2n) is 3.52. The van der Waals surface area contributed by atoms with Crippen molar-refractivity contribution in [1.29, 1.82) is 0 Å². The largest absolute Gasteiger partial charge is 0.378 e. The summed E-state index contributed by atoms with van der Waals surface area (Å²) < 4.78 is 18.3. The van der Waals surface area contributed by atoms with Gasteiger partial charge in [0.05, 0.1) is 28.5 Å². The number of aromatic nitrogens is 1. The topological polar surface area (TPSA) is 60.2 Å². The van der Waals surface area contributed by atoms with Crippen LogP contribution >= 0.6 is 11.6 Å². The second kappa shape index (κ2) is 4.83. The molecule has 17 heavy (non-hydrogen) atoms. The van der Waals surface area contributed by atoms with E-state index in [-0.39, 0.29) is 5.02 Å². The van der Waals surface area contributed by atoms with Gasteiger partial charge in [-0.05, 0) is 12.1 Å². The summed E-state index contributed by atoms with van der Waals surface area (Å²) in [5.74, 6) is 4.90. The number of nitrogens with one attached hydrogen (secondary N) is 1. The van der Waals surface area contributed by atoms with Crippen LogP contribution in [0.2, 0.25) is 5.02 Å². The highest BCUT2D eigenvalue weighted by molar-refractivity contribution is 6.31. The van der Waals surface area contributed by atoms with E-state index in [0.29, 0.717) is 28.9 Å². The molecule has 0 aliphatic heterocycles. The monoisotopic (exact) mass is 255 g/mol. The van der Waals surface area contributed by atoms with Gasteiger partial charge in [0.15, 0.2) is 0 Å². The molecule has 6 heteroatoms. The van der Waals surface area contributed by atoms with Gasteiger partial charge in [-0.1, -0.05) is 11.6 Å². The summed E-state index contributed by atoms with van der Waals surface area (Å²) in [6.07, 6.45) is 0. The number of anilines is 1. The number of nitrogens with two attached hydrogens (primary N) is 1. The fourth-order valence-electron chi connectivity index (χ4n) is 1.62. The first-order valence-corrected chi connectivity index (χ1v) is 5.27. The molecule has 0 unspecified atom stereocenters. The van der Waals surface area contributed by atoms with Crippen molar-refractivity contribution >= 4 is 28.2 Å². The van der Waals surface area contributed by atoms with Crippen LogP contribution in [0.25, 0.3) is 10.9 Å². The van der Waals surface area contributed by atoms with Gasteiger partial charge in [-0.3, -0.25) is 10.8 Å². The van der Waals surface area contributed by atoms with Gasteiger partial charge in [-0.2, -0.15) is 0 Å². The number of methoxy groups -OCH3 is 1. The third-order valence-electron chi connectivity index (χ3n) is 2.35. The molecule has 0 bridgehead atoms. The SMILES string of the molecule is COCc1cc(NN)c2cc(Cl)c(F)cc2n1. The minimum atomic E-state index is -0.510. The molecule has 2 rings (SSSR count). The van der Waals surface area contributed by atoms with Crippen LogP contribution in [-0.2, 0) is 11.3 Å². The van der Waals surface area contributed by atoms with Crippen LogP contribution < -0.4 is 11.3 Å². The Morgan fingerprint density at radius 2 is 2.24 bits per heavy atom. The van der Waals surface area contributed by atoms with Crippen LogP contribution in [0.15, 0.2) is 18.2 Å². The first-order chi connectivity index (χ1) is 8.15. The van der Waals surface area contributed by atoms with Gasteiger partial charge in [0.25, 0.3) is 0 Å². The zero-order valence-electron chi connectivity index (χ0n) is 9.13. The van der Waals surface area contributed by atoms with E-state index in [1.807, 2.05) is 0 Å². The number of hydrogen-bond acceptors (Lipinski definition) is 4. The van der Waals surface area contributed by atoms with Gasteiger partial charge in [-0.15, -0.1) is 0 Å². The average Bonchev–Trinajstić information content (AvgIpc) is 2.31. The molecule has 0 atom stereocenters. The molecule has 1 aromatic carbocycles. The molecule has 0 amide bonds. The molecule has 0 saturated carbocycles. The predicted molar refractivity (Wildman–Crippen MR) is 65.2 cm³/mol. The third kappa shape index (κ3) is 2.31. The lowest BCUT2D eigenvalue weighted by Gasteiger charge is -2.09. The van der Waals surface area contributed by atoms with Crippen molar-refractivity contribution in [2.45, 2.75) is 6.61 Å². The van der Waals surface area contributed by atoms with E-state index in [0.717, 1.165) is 0 Å². The number of nitrogen functional groups attached to an aromatic ring is 1. The normalized spacial score (nSPS) is 10.8. The molecular formula is C11H11ClFN3O. The molecule has 0 aliphatic carbocycles. The molecule has 0 saturated heterocycles. The number of rotatable bonds is 3. The predicted octanol–water partition coefficient (Wildman–Crippen LogP) is 2.46. The number of halogens is 2. The van der Waals surface area contributed by atoms with Crippen molar-refractivity contribution in [2.75, 3.05) is 12.5 Å². The van der Waals surface area contributed by atoms with Crippen LogP contribution in [0.3, 0.4) is 0 Å². The average molecular weight is 256 g/mol. The summed E-state index contributed by atoms with van der Waals surface area (Å²) in [6, 6.07) is 4.50. The van der Waals surface area contributed by atoms with E-state index in [4.69, 9.17) is 22.2 Å². The maximum absolute atomic E-state index is 13.3. The zero-order valence-corrected chi connectivity index (χ0v) is 9.88. The number of hydrogen-bond donors (Lipinski definition) is 2. The Kier molecular flexibility index (Phi) is 3.42. The van der Waals surface area contributed by atoms with E-state index in [1.54, 1.807) is 13.2 Å². The van der Waals surface area contributed by atoms with Crippen LogP contribution in [0, 0.1) is 5.82 Å². The number of ether oxygens (including phenoxy) is 1. The first-order valence-electron chi connectivity index (χ1n) is 4.90. The summed E-state index contributed by atoms with van der Waals surface area (Å²) in [5.41, 5.74) is 4.31. The van der Waals surface area contributed by atoms with Crippen molar-refractivity contribution in [3.63, 3.8) is 0 Å². The maximum atomic E-state index is 13.3. The number of hydrazine groups is 1. The van der Waals surface area contributed by atoms with Crippen LogP contribution in [0.5, 0.6) is 0 Å². The lowest BCUT2D eigenvalue weighted by Crippen LogP contribution is -2.08. The lowest BCUT2D eigenvalue weighted by molar-refractivity contribution is 0.182. The molecule has 0 aliphatic rings. The molecule has 0 radical (unpaired) electrons. The summed E-state index contributed by atoms with van der Waals surface area (Å²) in [5, 5.41) is 0.703. The highest BCUT2D eigenvalue weighted by Crippen LogP contribution is 2.28. The van der Waals surface area contributed by atoms with Gasteiger partial charge >= 0.3 is 0 Å². The highest BCUT2D eigenvalue weighted by Gasteiger charge is 2.09. The van der Waals surface area contributed by atoms with Crippen molar-refractivity contribution in [1.82, 2.24) is 4.98 Å². The summed E-state index contributed by atoms with van der Waals surface area (Å²) in [4.78, 5) is 4.26. The molecule has 4 nitrogen and oxygen atoms in total. The molecule has 3 N–H and O–H groups in total. The molecule has 0 fully saturated rings. The Labute approximate surface area is 103 Å². The fourth-order valence-corrected chi connectivity index (χ4v) is 1.78. The van der Waals surface area contributed by atoms with Gasteiger partial charge in [0.2, 0.25) is 0 Å². The first kappa shape index (κ1) is 12.0. The van der Waals surface area contributed by atoms with Gasteiger partial charge < -0.3 is 10.2 Å². The molecule has 1 aromatic heterocycles. The Balaban J connectivity index is 2.68. The zero-order chi connectivity index (χ0) is 12.4. The van der Waals surface area contributed by atoms with Crippen molar-refractivity contribution in [3.05, 3.63) is 34.7 Å². The molecule has 2 aromatic rings. The van der Waals surface area contributed by atoms with Crippen molar-refractivity contribution in [2.24, 2.45) is 5.84 Å². The molecule has 90 valence electrons. The highest BCUT2D eigenvalue weighted by atomic mass is 35.5. The van der Waals surface area contributed by atoms with E-state index in [1.165, 1.54) is 12.1 Å². The van der Waals surface area contributed by atoms with E-state index >= 15 is 0 Å². The minimum Gasteiger partial charge on any atom is -0.378 e. The van der Waals surface area contributed by atoms with Crippen LogP contribution in [0.4, 0.5) is 10.1 Å². The fraction of sp³-hybridized carbons (Fsp3) is 0.182. The molecular weight excluding hydrogens is 245 g/mol. The number of nitrogens with zero attached hydrogens (tertiary/aromatic N) is 1. The Morgan fingerprint density at radius 1 is 1.47 bits per heavy atom. The van der Waals surface area contributed by atoms with Gasteiger partial charge in [0, 0.05) is 18.6 Å². The standard InChI is InChI=1S/C11H11ClFN3O/c1-17-5-6-2-11(16-14)7-3-8(12)9(13)4-10(7)15-6/h2-4H,5,14H2,1H3,(H,15,16). The lowest BCUT2D eigenvalue weighted by atomic mass is 10.1. The van der Waals surface area contributed by atoms with Crippen molar-refractivity contribution < 1.29 is 9.13 Å². The third-order valence-corrected chi connectivity index (χ3v) is 2.64. The molecule has 1 heterocycles. The van der Waals surface area contributed by atoms with E-state index in [9.17, 15) is 4.39 Å². The number of fused-ring (bicyclic) bond motifs is 1. The van der Waals surface area contributed by atoms with Crippen LogP contribution in [0.1, 0.15) is 5.69 Å². The second-order valence-corrected chi connectivity index (χ2v) is 3.93. The Morgan fingerprint density at radius 3 is 2.88 bits per heavy atom. The summed E-state index contributed by atoms with van der Waals surface area (Å²) >= 11 is 5.72. The Hall–Kier alpha value is -1.43. The summed E-state index contributed by atoms with van der Waals surface area (Å²) in [7, 11) is 1.56. The summed E-state index contributed by atoms with van der Waals surface area (Å²) in [6.45, 7) is 0.328. The minimum absolute atomic E-state index is 0.0373. The van der Waals surface area contributed by atoms with E-state index < -0.39 is 5.82 Å². The molecule has 0 spiro atoms. The van der Waals surface area contributed by atoms with Crippen molar-refractivity contribution in [3.8, 4) is 0 Å². The number of benzene rings is 1. The van der Waals surface area contributed by atoms with Gasteiger partial charge in [0.1, 0.15) is 5.82 Å². The maximum Gasteiger partial charge on any atom is 0.143 e. The smallest absolute Gasteiger partial charge is 0.143 e. The van der Waals surface area contributed by atoms with Crippen LogP contribution in [-0.4, -0.2) is 12.1 Å².